The van der Waals surface area contributed by atoms with Crippen LogP contribution in [-0.4, -0.2) is 48.0 Å². The number of phenols is 1. The summed E-state index contributed by atoms with van der Waals surface area (Å²) in [5, 5.41) is 12.5. The third kappa shape index (κ3) is 4.15. The van der Waals surface area contributed by atoms with E-state index in [0.717, 1.165) is 11.3 Å². The highest BCUT2D eigenvalue weighted by Crippen LogP contribution is 2.23. The fourth-order valence-electron chi connectivity index (χ4n) is 3.52. The molecular weight excluding hydrogens is 382 g/mol. The van der Waals surface area contributed by atoms with Gasteiger partial charge in [-0.15, -0.1) is 0 Å². The number of anilines is 2. The minimum Gasteiger partial charge on any atom is -0.508 e. The highest BCUT2D eigenvalue weighted by Gasteiger charge is 2.23. The highest BCUT2D eigenvalue weighted by molar-refractivity contribution is 6.04. The van der Waals surface area contributed by atoms with E-state index in [4.69, 9.17) is 4.42 Å². The Labute approximate surface area is 174 Å². The Hall–Kier alpha value is -3.74. The molecule has 0 radical (unpaired) electrons. The van der Waals surface area contributed by atoms with Crippen molar-refractivity contribution in [2.45, 2.75) is 6.92 Å². The van der Waals surface area contributed by atoms with Crippen LogP contribution in [0, 0.1) is 6.92 Å². The number of aromatic hydroxyl groups is 1. The lowest BCUT2D eigenvalue weighted by molar-refractivity contribution is 0.0746. The second-order valence-electron chi connectivity index (χ2n) is 7.26. The van der Waals surface area contributed by atoms with Crippen LogP contribution in [0.1, 0.15) is 26.5 Å². The van der Waals surface area contributed by atoms with E-state index in [1.807, 2.05) is 30.0 Å². The van der Waals surface area contributed by atoms with Crippen LogP contribution in [-0.2, 0) is 0 Å². The number of piperazine rings is 1. The Morgan fingerprint density at radius 2 is 1.80 bits per heavy atom. The zero-order valence-corrected chi connectivity index (χ0v) is 16.7. The van der Waals surface area contributed by atoms with Crippen LogP contribution < -0.4 is 10.2 Å². The summed E-state index contributed by atoms with van der Waals surface area (Å²) in [6.07, 6.45) is 1.44. The Bertz CT molecular complexity index is 1050. The van der Waals surface area contributed by atoms with Gasteiger partial charge in [0.05, 0.1) is 6.26 Å². The van der Waals surface area contributed by atoms with Gasteiger partial charge in [-0.25, -0.2) is 0 Å². The molecule has 1 fully saturated rings. The molecule has 30 heavy (non-hydrogen) atoms. The molecule has 2 aromatic carbocycles. The van der Waals surface area contributed by atoms with Crippen molar-refractivity contribution in [3.8, 4) is 5.75 Å². The number of phenolic OH excluding ortho intramolecular Hbond substituents is 1. The van der Waals surface area contributed by atoms with Gasteiger partial charge in [0.1, 0.15) is 5.75 Å². The average molecular weight is 405 g/mol. The number of benzene rings is 2. The molecule has 2 N–H and O–H groups in total. The van der Waals surface area contributed by atoms with Gasteiger partial charge in [0.25, 0.3) is 11.8 Å². The monoisotopic (exact) mass is 405 g/mol. The van der Waals surface area contributed by atoms with Crippen LogP contribution in [0.2, 0.25) is 0 Å². The van der Waals surface area contributed by atoms with Gasteiger partial charge in [-0.2, -0.15) is 0 Å². The quantitative estimate of drug-likeness (QED) is 0.694. The number of hydrogen-bond acceptors (Lipinski definition) is 5. The smallest absolute Gasteiger partial charge is 0.291 e. The lowest BCUT2D eigenvalue weighted by Gasteiger charge is -2.36. The second kappa shape index (κ2) is 8.32. The SMILES string of the molecule is Cc1ccc(C(=O)N2CCN(c3cccc(O)c3)CC2)cc1NC(=O)c1ccco1. The van der Waals surface area contributed by atoms with Crippen LogP contribution in [0.25, 0.3) is 0 Å². The van der Waals surface area contributed by atoms with Gasteiger partial charge in [-0.05, 0) is 48.9 Å². The summed E-state index contributed by atoms with van der Waals surface area (Å²) in [4.78, 5) is 29.2. The van der Waals surface area contributed by atoms with Crippen LogP contribution in [0.3, 0.4) is 0 Å². The van der Waals surface area contributed by atoms with Crippen LogP contribution >= 0.6 is 0 Å². The van der Waals surface area contributed by atoms with Gasteiger partial charge < -0.3 is 24.6 Å². The summed E-state index contributed by atoms with van der Waals surface area (Å²) < 4.78 is 5.13. The molecule has 3 aromatic rings. The third-order valence-corrected chi connectivity index (χ3v) is 5.24. The summed E-state index contributed by atoms with van der Waals surface area (Å²) in [5.41, 5.74) is 2.92. The van der Waals surface area contributed by atoms with Crippen molar-refractivity contribution in [1.29, 1.82) is 0 Å². The Kier molecular flexibility index (Phi) is 5.43. The summed E-state index contributed by atoms with van der Waals surface area (Å²) in [6.45, 7) is 4.40. The van der Waals surface area contributed by atoms with E-state index >= 15 is 0 Å². The first-order chi connectivity index (χ1) is 14.5. The van der Waals surface area contributed by atoms with E-state index in [1.54, 1.807) is 36.4 Å². The average Bonchev–Trinajstić information content (AvgIpc) is 3.30. The lowest BCUT2D eigenvalue weighted by atomic mass is 10.1. The van der Waals surface area contributed by atoms with Crippen molar-refractivity contribution in [2.75, 3.05) is 36.4 Å². The highest BCUT2D eigenvalue weighted by atomic mass is 16.3. The first-order valence-electron chi connectivity index (χ1n) is 9.80. The summed E-state index contributed by atoms with van der Waals surface area (Å²) in [7, 11) is 0. The van der Waals surface area contributed by atoms with E-state index in [9.17, 15) is 14.7 Å². The fourth-order valence-corrected chi connectivity index (χ4v) is 3.52. The van der Waals surface area contributed by atoms with Crippen molar-refractivity contribution >= 4 is 23.2 Å². The summed E-state index contributed by atoms with van der Waals surface area (Å²) in [5.74, 6) is 0.0236. The van der Waals surface area contributed by atoms with E-state index in [-0.39, 0.29) is 23.3 Å². The first-order valence-corrected chi connectivity index (χ1v) is 9.80. The number of aryl methyl sites for hydroxylation is 1. The Morgan fingerprint density at radius 3 is 2.50 bits per heavy atom. The molecule has 4 rings (SSSR count). The number of nitrogens with zero attached hydrogens (tertiary/aromatic N) is 2. The predicted molar refractivity (Wildman–Crippen MR) is 114 cm³/mol. The molecule has 1 aliphatic heterocycles. The molecule has 154 valence electrons. The number of carbonyl (C=O) groups excluding carboxylic acids is 2. The summed E-state index contributed by atoms with van der Waals surface area (Å²) in [6, 6.07) is 15.7. The van der Waals surface area contributed by atoms with Gasteiger partial charge in [-0.3, -0.25) is 9.59 Å². The van der Waals surface area contributed by atoms with Crippen LogP contribution in [0.4, 0.5) is 11.4 Å². The van der Waals surface area contributed by atoms with E-state index in [0.29, 0.717) is 37.4 Å². The number of amides is 2. The molecular formula is C23H23N3O4. The molecule has 2 heterocycles. The fraction of sp³-hybridized carbons (Fsp3) is 0.217. The van der Waals surface area contributed by atoms with Gasteiger partial charge in [0.2, 0.25) is 0 Å². The number of carbonyl (C=O) groups is 2. The maximum Gasteiger partial charge on any atom is 0.291 e. The topological polar surface area (TPSA) is 86.0 Å². The van der Waals surface area contributed by atoms with Crippen molar-refractivity contribution in [2.24, 2.45) is 0 Å². The maximum atomic E-state index is 13.0. The molecule has 0 aliphatic carbocycles. The molecule has 7 heteroatoms. The second-order valence-corrected chi connectivity index (χ2v) is 7.26. The normalized spacial score (nSPS) is 13.9. The van der Waals surface area contributed by atoms with Crippen molar-refractivity contribution in [3.63, 3.8) is 0 Å². The van der Waals surface area contributed by atoms with Crippen molar-refractivity contribution in [1.82, 2.24) is 4.90 Å². The Morgan fingerprint density at radius 1 is 1.00 bits per heavy atom. The first kappa shape index (κ1) is 19.6. The number of rotatable bonds is 4. The largest absolute Gasteiger partial charge is 0.508 e. The number of furan rings is 1. The molecule has 0 atom stereocenters. The Balaban J connectivity index is 1.43. The van der Waals surface area contributed by atoms with Gasteiger partial charge in [-0.1, -0.05) is 12.1 Å². The molecule has 0 unspecified atom stereocenters. The van der Waals surface area contributed by atoms with E-state index in [2.05, 4.69) is 10.2 Å². The minimum absolute atomic E-state index is 0.0703. The lowest BCUT2D eigenvalue weighted by Crippen LogP contribution is -2.48. The molecule has 7 nitrogen and oxygen atoms in total. The van der Waals surface area contributed by atoms with Crippen LogP contribution in [0.15, 0.2) is 65.3 Å². The predicted octanol–water partition coefficient (Wildman–Crippen LogP) is 3.51. The van der Waals surface area contributed by atoms with Crippen molar-refractivity contribution in [3.05, 3.63) is 77.7 Å². The standard InChI is InChI=1S/C23H23N3O4/c1-16-7-8-17(14-20(16)24-22(28)21-6-3-13-30-21)23(29)26-11-9-25(10-12-26)18-4-2-5-19(27)15-18/h2-8,13-15,27H,9-12H2,1H3,(H,24,28). The van der Waals surface area contributed by atoms with E-state index < -0.39 is 0 Å². The molecule has 1 aromatic heterocycles. The molecule has 2 amide bonds. The van der Waals surface area contributed by atoms with Gasteiger partial charge in [0.15, 0.2) is 5.76 Å². The maximum absolute atomic E-state index is 13.0. The summed E-state index contributed by atoms with van der Waals surface area (Å²) >= 11 is 0. The number of hydrogen-bond donors (Lipinski definition) is 2. The van der Waals surface area contributed by atoms with E-state index in [1.165, 1.54) is 6.26 Å². The molecule has 0 bridgehead atoms. The zero-order valence-electron chi connectivity index (χ0n) is 16.7. The number of nitrogens with one attached hydrogen (secondary N) is 1. The molecule has 0 spiro atoms. The van der Waals surface area contributed by atoms with Gasteiger partial charge >= 0.3 is 0 Å². The van der Waals surface area contributed by atoms with Crippen molar-refractivity contribution < 1.29 is 19.1 Å². The molecule has 0 saturated carbocycles. The zero-order chi connectivity index (χ0) is 21.1. The third-order valence-electron chi connectivity index (χ3n) is 5.24. The molecule has 1 aliphatic rings. The minimum atomic E-state index is -0.354. The molecule has 1 saturated heterocycles. The van der Waals surface area contributed by atoms with Gasteiger partial charge in [0, 0.05) is 49.2 Å². The van der Waals surface area contributed by atoms with Crippen LogP contribution in [0.5, 0.6) is 5.75 Å².